The first-order valence-corrected chi connectivity index (χ1v) is 15.5. The number of ether oxygens (including phenoxy) is 1. The first kappa shape index (κ1) is 28.2. The van der Waals surface area contributed by atoms with Crippen LogP contribution in [0.3, 0.4) is 0 Å². The van der Waals surface area contributed by atoms with Crippen molar-refractivity contribution in [3.05, 3.63) is 46.6 Å². The second-order valence-corrected chi connectivity index (χ2v) is 12.9. The number of likely N-dealkylation sites (tertiary alicyclic amines) is 1. The zero-order chi connectivity index (χ0) is 28.4. The van der Waals surface area contributed by atoms with Crippen molar-refractivity contribution < 1.29 is 14.6 Å². The Morgan fingerprint density at radius 2 is 1.76 bits per heavy atom. The van der Waals surface area contributed by atoms with Gasteiger partial charge in [0.25, 0.3) is 5.91 Å². The maximum Gasteiger partial charge on any atom is 0.272 e. The van der Waals surface area contributed by atoms with Gasteiger partial charge in [-0.05, 0) is 102 Å². The molecule has 0 unspecified atom stereocenters. The van der Waals surface area contributed by atoms with Crippen LogP contribution in [-0.4, -0.2) is 76.6 Å². The van der Waals surface area contributed by atoms with Gasteiger partial charge in [0.1, 0.15) is 11.8 Å². The molecule has 4 fully saturated rings. The molecule has 1 aromatic carbocycles. The van der Waals surface area contributed by atoms with E-state index in [1.807, 2.05) is 6.07 Å². The van der Waals surface area contributed by atoms with Gasteiger partial charge in [0, 0.05) is 36.7 Å². The number of aliphatic hydroxyl groups excluding tert-OH is 1. The molecule has 1 aromatic heterocycles. The molecule has 2 N–H and O–H groups in total. The minimum Gasteiger partial charge on any atom is -0.490 e. The zero-order valence-corrected chi connectivity index (χ0v) is 24.2. The summed E-state index contributed by atoms with van der Waals surface area (Å²) in [6.45, 7) is 4.31. The van der Waals surface area contributed by atoms with Crippen LogP contribution >= 0.6 is 11.6 Å². The average Bonchev–Trinajstić information content (AvgIpc) is 2.98. The molecule has 6 rings (SSSR count). The number of nitrogens with zero attached hydrogens (tertiary/aromatic N) is 5. The van der Waals surface area contributed by atoms with E-state index in [1.165, 1.54) is 12.8 Å². The Kier molecular flexibility index (Phi) is 8.34. The summed E-state index contributed by atoms with van der Waals surface area (Å²) in [5.74, 6) is 1.32. The molecule has 41 heavy (non-hydrogen) atoms. The molecule has 2 saturated heterocycles. The summed E-state index contributed by atoms with van der Waals surface area (Å²) in [5.41, 5.74) is 1.15. The third kappa shape index (κ3) is 6.45. The Hall–Kier alpha value is -2.93. The SMILES string of the molecule is N#Cc1ccc(OC2CCC(NC(=O)c3ccc(N4CC5(CCN(C6CCC(O)CC6)CC5)C4)nn3)CC2)cc1Cl. The van der Waals surface area contributed by atoms with E-state index >= 15 is 0 Å². The van der Waals surface area contributed by atoms with Crippen LogP contribution in [0.1, 0.15) is 80.3 Å². The van der Waals surface area contributed by atoms with Gasteiger partial charge in [0.15, 0.2) is 11.5 Å². The second-order valence-electron chi connectivity index (χ2n) is 12.4. The molecule has 4 aliphatic rings. The summed E-state index contributed by atoms with van der Waals surface area (Å²) in [5, 5.41) is 31.0. The predicted octanol–water partition coefficient (Wildman–Crippen LogP) is 4.33. The summed E-state index contributed by atoms with van der Waals surface area (Å²) in [6.07, 6.45) is 9.82. The highest BCUT2D eigenvalue weighted by Crippen LogP contribution is 2.43. The van der Waals surface area contributed by atoms with Crippen molar-refractivity contribution in [2.75, 3.05) is 31.1 Å². The molecule has 3 heterocycles. The summed E-state index contributed by atoms with van der Waals surface area (Å²) >= 11 is 6.12. The standard InChI is InChI=1S/C31H39ClN6O3/c32-27-17-26(8-1-21(27)18-33)41-25-9-2-22(3-10-25)34-30(40)28-11-12-29(36-35-28)38-19-31(20-38)13-15-37(16-14-31)23-4-6-24(39)7-5-23/h1,8,11-12,17,22-25,39H,2-7,9-10,13-16,19-20H2,(H,34,40). The molecule has 0 atom stereocenters. The lowest BCUT2D eigenvalue weighted by Crippen LogP contribution is -2.61. The largest absolute Gasteiger partial charge is 0.490 e. The topological polar surface area (TPSA) is 115 Å². The van der Waals surface area contributed by atoms with Gasteiger partial charge in [0.2, 0.25) is 0 Å². The van der Waals surface area contributed by atoms with Gasteiger partial charge in [-0.25, -0.2) is 0 Å². The molecule has 2 aliphatic heterocycles. The summed E-state index contributed by atoms with van der Waals surface area (Å²) < 4.78 is 6.06. The number of benzene rings is 1. The van der Waals surface area contributed by atoms with Crippen LogP contribution in [0.15, 0.2) is 30.3 Å². The van der Waals surface area contributed by atoms with Gasteiger partial charge in [-0.15, -0.1) is 10.2 Å². The van der Waals surface area contributed by atoms with Crippen LogP contribution in [0.4, 0.5) is 5.82 Å². The Labute approximate surface area is 246 Å². The van der Waals surface area contributed by atoms with Crippen LogP contribution in [-0.2, 0) is 0 Å². The number of aliphatic hydroxyl groups is 1. The molecule has 9 nitrogen and oxygen atoms in total. The number of hydrogen-bond donors (Lipinski definition) is 2. The van der Waals surface area contributed by atoms with Gasteiger partial charge in [-0.1, -0.05) is 11.6 Å². The Morgan fingerprint density at radius 1 is 1.02 bits per heavy atom. The molecule has 0 radical (unpaired) electrons. The fourth-order valence-electron chi connectivity index (χ4n) is 7.08. The molecule has 1 spiro atoms. The monoisotopic (exact) mass is 578 g/mol. The lowest BCUT2D eigenvalue weighted by molar-refractivity contribution is 0.0209. The number of carbonyl (C=O) groups excluding carboxylic acids is 1. The van der Waals surface area contributed by atoms with Gasteiger partial charge in [-0.2, -0.15) is 5.26 Å². The maximum atomic E-state index is 12.9. The van der Waals surface area contributed by atoms with Gasteiger partial charge in [-0.3, -0.25) is 4.79 Å². The number of nitriles is 1. The van der Waals surface area contributed by atoms with Crippen molar-refractivity contribution in [1.29, 1.82) is 5.26 Å². The molecule has 0 bridgehead atoms. The van der Waals surface area contributed by atoms with Crippen LogP contribution in [0.5, 0.6) is 5.75 Å². The predicted molar refractivity (Wildman–Crippen MR) is 156 cm³/mol. The first-order chi connectivity index (χ1) is 19.9. The minimum absolute atomic E-state index is 0.0552. The second kappa shape index (κ2) is 12.1. The third-order valence-electron chi connectivity index (χ3n) is 9.67. The average molecular weight is 579 g/mol. The molecule has 10 heteroatoms. The van der Waals surface area contributed by atoms with Gasteiger partial charge < -0.3 is 25.0 Å². The number of hydrogen-bond acceptors (Lipinski definition) is 8. The number of halogens is 1. The van der Waals surface area contributed by atoms with Crippen LogP contribution in [0.25, 0.3) is 0 Å². The van der Waals surface area contributed by atoms with Crippen molar-refractivity contribution in [2.45, 2.75) is 88.5 Å². The fraction of sp³-hybridized carbons (Fsp3) is 0.613. The van der Waals surface area contributed by atoms with Crippen molar-refractivity contribution in [3.8, 4) is 11.8 Å². The molecule has 2 saturated carbocycles. The van der Waals surface area contributed by atoms with E-state index in [1.54, 1.807) is 24.3 Å². The van der Waals surface area contributed by atoms with E-state index in [9.17, 15) is 9.90 Å². The number of aromatic nitrogens is 2. The van der Waals surface area contributed by atoms with E-state index in [0.717, 1.165) is 83.4 Å². The summed E-state index contributed by atoms with van der Waals surface area (Å²) in [7, 11) is 0. The number of anilines is 1. The van der Waals surface area contributed by atoms with Crippen LogP contribution < -0.4 is 15.0 Å². The summed E-state index contributed by atoms with van der Waals surface area (Å²) in [6, 6.07) is 11.6. The zero-order valence-electron chi connectivity index (χ0n) is 23.5. The highest BCUT2D eigenvalue weighted by atomic mass is 35.5. The van der Waals surface area contributed by atoms with E-state index in [2.05, 4.69) is 31.4 Å². The van der Waals surface area contributed by atoms with E-state index in [0.29, 0.717) is 33.5 Å². The van der Waals surface area contributed by atoms with Gasteiger partial charge in [0.05, 0.1) is 22.8 Å². The van der Waals surface area contributed by atoms with Crippen LogP contribution in [0, 0.1) is 16.7 Å². The van der Waals surface area contributed by atoms with E-state index < -0.39 is 0 Å². The highest BCUT2D eigenvalue weighted by Gasteiger charge is 2.46. The van der Waals surface area contributed by atoms with Gasteiger partial charge >= 0.3 is 0 Å². The number of amides is 1. The molecule has 218 valence electrons. The van der Waals surface area contributed by atoms with E-state index in [4.69, 9.17) is 21.6 Å². The highest BCUT2D eigenvalue weighted by molar-refractivity contribution is 6.31. The Morgan fingerprint density at radius 3 is 2.39 bits per heavy atom. The first-order valence-electron chi connectivity index (χ1n) is 15.1. The molecule has 2 aliphatic carbocycles. The normalized spacial score (nSPS) is 28.0. The number of carbonyl (C=O) groups is 1. The Bertz CT molecular complexity index is 1250. The van der Waals surface area contributed by atoms with Crippen molar-refractivity contribution >= 4 is 23.3 Å². The van der Waals surface area contributed by atoms with Crippen molar-refractivity contribution in [3.63, 3.8) is 0 Å². The summed E-state index contributed by atoms with van der Waals surface area (Å²) in [4.78, 5) is 17.8. The molecular formula is C31H39ClN6O3. The van der Waals surface area contributed by atoms with Crippen LogP contribution in [0.2, 0.25) is 5.02 Å². The smallest absolute Gasteiger partial charge is 0.272 e. The number of nitrogens with one attached hydrogen (secondary N) is 1. The molecule has 1 amide bonds. The molecular weight excluding hydrogens is 540 g/mol. The number of piperidine rings is 1. The van der Waals surface area contributed by atoms with Crippen molar-refractivity contribution in [2.24, 2.45) is 5.41 Å². The Balaban J connectivity index is 0.923. The third-order valence-corrected chi connectivity index (χ3v) is 9.99. The lowest BCUT2D eigenvalue weighted by atomic mass is 9.71. The number of rotatable bonds is 6. The maximum absolute atomic E-state index is 12.9. The fourth-order valence-corrected chi connectivity index (χ4v) is 7.29. The van der Waals surface area contributed by atoms with Crippen molar-refractivity contribution in [1.82, 2.24) is 20.4 Å². The minimum atomic E-state index is -0.185. The molecule has 2 aromatic rings. The lowest BCUT2D eigenvalue weighted by Gasteiger charge is -2.55. The van der Waals surface area contributed by atoms with E-state index in [-0.39, 0.29) is 24.2 Å². The quantitative estimate of drug-likeness (QED) is 0.521.